The summed E-state index contributed by atoms with van der Waals surface area (Å²) >= 11 is 1.83. The zero-order valence-corrected chi connectivity index (χ0v) is 18.9. The van der Waals surface area contributed by atoms with Gasteiger partial charge in [0, 0.05) is 35.8 Å². The van der Waals surface area contributed by atoms with Crippen LogP contribution in [0.4, 0.5) is 5.82 Å². The van der Waals surface area contributed by atoms with Crippen molar-refractivity contribution >= 4 is 27.4 Å². The van der Waals surface area contributed by atoms with Crippen LogP contribution in [0, 0.1) is 0 Å². The van der Waals surface area contributed by atoms with E-state index in [9.17, 15) is 0 Å². The third kappa shape index (κ3) is 3.45. The highest BCUT2D eigenvalue weighted by Crippen LogP contribution is 2.41. The fraction of sp³-hybridized carbons (Fsp3) is 0.435. The maximum Gasteiger partial charge on any atom is 0.181 e. The molecule has 0 amide bonds. The highest BCUT2D eigenvalue weighted by atomic mass is 32.1. The van der Waals surface area contributed by atoms with Gasteiger partial charge in [0.15, 0.2) is 11.6 Å². The Morgan fingerprint density at radius 2 is 2.16 bits per heavy atom. The highest BCUT2D eigenvalue weighted by Gasteiger charge is 2.30. The molecule has 6 rings (SSSR count). The first-order valence-electron chi connectivity index (χ1n) is 11.3. The second-order valence-corrected chi connectivity index (χ2v) is 9.39. The Bertz CT molecular complexity index is 1250. The van der Waals surface area contributed by atoms with Crippen molar-refractivity contribution in [1.29, 1.82) is 0 Å². The number of hydrogen-bond acceptors (Lipinski definition) is 8. The van der Waals surface area contributed by atoms with Crippen molar-refractivity contribution in [2.75, 3.05) is 24.6 Å². The Hall–Kier alpha value is -2.91. The van der Waals surface area contributed by atoms with Gasteiger partial charge in [-0.3, -0.25) is 10.1 Å². The van der Waals surface area contributed by atoms with Crippen LogP contribution in [-0.4, -0.2) is 49.8 Å². The molecular weight excluding hydrogens is 422 g/mol. The molecule has 8 nitrogen and oxygen atoms in total. The van der Waals surface area contributed by atoms with E-state index in [0.29, 0.717) is 13.2 Å². The Balaban J connectivity index is 1.45. The molecule has 1 N–H and O–H groups in total. The summed E-state index contributed by atoms with van der Waals surface area (Å²) in [6.07, 6.45) is 8.98. The van der Waals surface area contributed by atoms with Crippen LogP contribution in [-0.2, 0) is 24.0 Å². The molecular formula is C23H25N7OS. The molecule has 1 aliphatic carbocycles. The number of morpholine rings is 1. The second kappa shape index (κ2) is 8.22. The molecule has 1 aliphatic heterocycles. The molecule has 2 aliphatic rings. The largest absolute Gasteiger partial charge is 0.366 e. The van der Waals surface area contributed by atoms with Crippen LogP contribution in [0.2, 0.25) is 0 Å². The third-order valence-corrected chi connectivity index (χ3v) is 7.44. The molecule has 32 heavy (non-hydrogen) atoms. The lowest BCUT2D eigenvalue weighted by molar-refractivity contribution is 0.0340. The van der Waals surface area contributed by atoms with Gasteiger partial charge in [-0.05, 0) is 43.4 Å². The first-order valence-corrected chi connectivity index (χ1v) is 12.1. The first kappa shape index (κ1) is 19.8. The lowest BCUT2D eigenvalue weighted by Gasteiger charge is -2.33. The van der Waals surface area contributed by atoms with E-state index >= 15 is 0 Å². The molecule has 4 aromatic heterocycles. The Kier molecular flexibility index (Phi) is 5.07. The fourth-order valence-corrected chi connectivity index (χ4v) is 5.86. The number of H-pyrrole nitrogens is 1. The summed E-state index contributed by atoms with van der Waals surface area (Å²) in [5.74, 6) is 3.34. The zero-order valence-electron chi connectivity index (χ0n) is 18.0. The van der Waals surface area contributed by atoms with Gasteiger partial charge in [0.1, 0.15) is 22.6 Å². The van der Waals surface area contributed by atoms with Crippen LogP contribution in [0.3, 0.4) is 0 Å². The number of anilines is 1. The van der Waals surface area contributed by atoms with Gasteiger partial charge in [-0.25, -0.2) is 15.0 Å². The summed E-state index contributed by atoms with van der Waals surface area (Å²) in [5.41, 5.74) is 2.38. The maximum absolute atomic E-state index is 6.06. The van der Waals surface area contributed by atoms with Crippen LogP contribution >= 0.6 is 11.3 Å². The maximum atomic E-state index is 6.06. The van der Waals surface area contributed by atoms with Gasteiger partial charge in [0.2, 0.25) is 0 Å². The predicted octanol–water partition coefficient (Wildman–Crippen LogP) is 3.89. The molecule has 1 atom stereocenters. The molecule has 0 aromatic carbocycles. The van der Waals surface area contributed by atoms with Crippen LogP contribution in [0.5, 0.6) is 0 Å². The van der Waals surface area contributed by atoms with Crippen molar-refractivity contribution in [3.63, 3.8) is 0 Å². The average molecular weight is 448 g/mol. The average Bonchev–Trinajstić information content (AvgIpc) is 3.49. The topological polar surface area (TPSA) is 92.7 Å². The van der Waals surface area contributed by atoms with E-state index in [2.05, 4.69) is 32.0 Å². The lowest BCUT2D eigenvalue weighted by atomic mass is 9.96. The van der Waals surface area contributed by atoms with Crippen molar-refractivity contribution in [3.8, 4) is 11.4 Å². The van der Waals surface area contributed by atoms with Crippen molar-refractivity contribution < 1.29 is 4.74 Å². The summed E-state index contributed by atoms with van der Waals surface area (Å²) in [6.45, 7) is 4.13. The van der Waals surface area contributed by atoms with E-state index in [1.807, 2.05) is 29.7 Å². The number of ether oxygens (including phenoxy) is 1. The van der Waals surface area contributed by atoms with E-state index in [1.165, 1.54) is 28.7 Å². The zero-order chi connectivity index (χ0) is 21.5. The molecule has 1 unspecified atom stereocenters. The Morgan fingerprint density at radius 1 is 1.22 bits per heavy atom. The number of nitrogens with one attached hydrogen (secondary N) is 1. The smallest absolute Gasteiger partial charge is 0.181 e. The van der Waals surface area contributed by atoms with E-state index in [0.717, 1.165) is 59.5 Å². The number of aryl methyl sites for hydroxylation is 3. The van der Waals surface area contributed by atoms with E-state index in [-0.39, 0.29) is 6.10 Å². The quantitative estimate of drug-likeness (QED) is 0.507. The first-order chi connectivity index (χ1) is 15.8. The van der Waals surface area contributed by atoms with Gasteiger partial charge in [-0.2, -0.15) is 5.10 Å². The summed E-state index contributed by atoms with van der Waals surface area (Å²) in [4.78, 5) is 23.9. The van der Waals surface area contributed by atoms with E-state index in [1.54, 1.807) is 6.20 Å². The number of hydrogen-bond donors (Lipinski definition) is 1. The van der Waals surface area contributed by atoms with Crippen LogP contribution < -0.4 is 4.90 Å². The molecule has 1 saturated heterocycles. The highest BCUT2D eigenvalue weighted by molar-refractivity contribution is 7.19. The lowest BCUT2D eigenvalue weighted by Crippen LogP contribution is -2.39. The van der Waals surface area contributed by atoms with Gasteiger partial charge >= 0.3 is 0 Å². The fourth-order valence-electron chi connectivity index (χ4n) is 4.60. The van der Waals surface area contributed by atoms with Gasteiger partial charge < -0.3 is 9.64 Å². The number of aromatic amines is 1. The molecule has 0 spiro atoms. The summed E-state index contributed by atoms with van der Waals surface area (Å²) in [6, 6.07) is 3.95. The van der Waals surface area contributed by atoms with Gasteiger partial charge in [0.05, 0.1) is 18.5 Å². The normalized spacial score (nSPS) is 18.8. The SMILES string of the molecule is CCc1nc(C2CN(c3nc(-c4cccnc4)nc4sc5c(c34)CCCC5)CCO2)n[nH]1. The predicted molar refractivity (Wildman–Crippen MR) is 124 cm³/mol. The standard InChI is InChI=1S/C23H25N7OS/c1-2-18-25-21(29-28-18)16-13-30(10-11-31-16)22-19-15-7-3-4-8-17(15)32-23(19)27-20(26-22)14-6-5-9-24-12-14/h5-6,9,12,16H,2-4,7-8,10-11,13H2,1H3,(H,25,28,29). The van der Waals surface area contributed by atoms with Crippen molar-refractivity contribution in [2.24, 2.45) is 0 Å². The van der Waals surface area contributed by atoms with Gasteiger partial charge in [-0.1, -0.05) is 6.92 Å². The number of rotatable bonds is 4. The van der Waals surface area contributed by atoms with Crippen LogP contribution in [0.15, 0.2) is 24.5 Å². The van der Waals surface area contributed by atoms with Gasteiger partial charge in [0.25, 0.3) is 0 Å². The van der Waals surface area contributed by atoms with Crippen molar-refractivity contribution in [3.05, 3.63) is 46.6 Å². The minimum atomic E-state index is -0.179. The second-order valence-electron chi connectivity index (χ2n) is 8.30. The number of pyridine rings is 1. The van der Waals surface area contributed by atoms with E-state index in [4.69, 9.17) is 14.7 Å². The number of nitrogens with zero attached hydrogens (tertiary/aromatic N) is 6. The molecule has 1 fully saturated rings. The van der Waals surface area contributed by atoms with Crippen molar-refractivity contribution in [2.45, 2.75) is 45.1 Å². The number of aromatic nitrogens is 6. The van der Waals surface area contributed by atoms with Crippen molar-refractivity contribution in [1.82, 2.24) is 30.1 Å². The summed E-state index contributed by atoms with van der Waals surface area (Å²) in [5, 5.41) is 8.64. The minimum Gasteiger partial charge on any atom is -0.366 e. The summed E-state index contributed by atoms with van der Waals surface area (Å²) < 4.78 is 6.06. The third-order valence-electron chi connectivity index (χ3n) is 6.25. The molecule has 0 bridgehead atoms. The van der Waals surface area contributed by atoms with Crippen LogP contribution in [0.1, 0.15) is 48.0 Å². The molecule has 9 heteroatoms. The summed E-state index contributed by atoms with van der Waals surface area (Å²) in [7, 11) is 0. The monoisotopic (exact) mass is 447 g/mol. The van der Waals surface area contributed by atoms with E-state index < -0.39 is 0 Å². The number of thiophene rings is 1. The Labute approximate surface area is 190 Å². The molecule has 4 aromatic rings. The molecule has 164 valence electrons. The molecule has 5 heterocycles. The molecule has 0 saturated carbocycles. The van der Waals surface area contributed by atoms with Crippen LogP contribution in [0.25, 0.3) is 21.6 Å². The minimum absolute atomic E-state index is 0.179. The Morgan fingerprint density at radius 3 is 3.00 bits per heavy atom. The molecule has 0 radical (unpaired) electrons. The van der Waals surface area contributed by atoms with Gasteiger partial charge in [-0.15, -0.1) is 11.3 Å². The number of fused-ring (bicyclic) bond motifs is 3.